The van der Waals surface area contributed by atoms with Crippen molar-refractivity contribution >= 4 is 33.5 Å². The van der Waals surface area contributed by atoms with Crippen LogP contribution in [0.3, 0.4) is 0 Å². The molecule has 0 spiro atoms. The number of fused-ring (bicyclic) bond motifs is 6. The summed E-state index contributed by atoms with van der Waals surface area (Å²) in [7, 11) is 0. The lowest BCUT2D eigenvalue weighted by atomic mass is 9.82. The molecule has 1 aliphatic carbocycles. The summed E-state index contributed by atoms with van der Waals surface area (Å²) in [6.45, 7) is 0.514. The molecule has 7 aromatic rings. The molecule has 196 valence electrons. The zero-order valence-corrected chi connectivity index (χ0v) is 22.5. The van der Waals surface area contributed by atoms with E-state index in [9.17, 15) is 0 Å². The van der Waals surface area contributed by atoms with Gasteiger partial charge in [-0.1, -0.05) is 121 Å². The van der Waals surface area contributed by atoms with Gasteiger partial charge < -0.3 is 14.7 Å². The Morgan fingerprint density at radius 3 is 2.07 bits per heavy atom. The van der Waals surface area contributed by atoms with Gasteiger partial charge in [0.05, 0.1) is 11.2 Å². The summed E-state index contributed by atoms with van der Waals surface area (Å²) < 4.78 is 6.46. The maximum Gasteiger partial charge on any atom is 0.143 e. The summed E-state index contributed by atoms with van der Waals surface area (Å²) in [6, 6.07) is 47.0. The lowest BCUT2D eigenvalue weighted by molar-refractivity contribution is 0.309. The molecule has 1 aliphatic rings. The van der Waals surface area contributed by atoms with Crippen LogP contribution in [0, 0.1) is 0 Å². The summed E-state index contributed by atoms with van der Waals surface area (Å²) in [5.74, 6) is 0.880. The Morgan fingerprint density at radius 2 is 1.27 bits per heavy atom. The summed E-state index contributed by atoms with van der Waals surface area (Å²) >= 11 is 0. The predicted octanol–water partition coefficient (Wildman–Crippen LogP) is 9.31. The normalized spacial score (nSPS) is 14.3. The molecule has 5 aromatic carbocycles. The second-order valence-corrected chi connectivity index (χ2v) is 10.6. The average Bonchev–Trinajstić information content (AvgIpc) is 3.56. The molecule has 0 bridgehead atoms. The number of rotatable bonds is 5. The second-order valence-electron chi connectivity index (χ2n) is 10.6. The molecule has 0 saturated carbocycles. The Hall–Kier alpha value is -5.28. The summed E-state index contributed by atoms with van der Waals surface area (Å²) in [5, 5.41) is 2.43. The molecule has 1 atom stereocenters. The molecule has 1 unspecified atom stereocenters. The van der Waals surface area contributed by atoms with E-state index in [0.717, 1.165) is 39.3 Å². The molecule has 0 saturated heterocycles. The van der Waals surface area contributed by atoms with Crippen LogP contribution in [0.25, 0.3) is 33.5 Å². The van der Waals surface area contributed by atoms with Crippen LogP contribution in [0.15, 0.2) is 133 Å². The van der Waals surface area contributed by atoms with E-state index in [2.05, 4.69) is 143 Å². The molecule has 0 fully saturated rings. The molecule has 0 aliphatic heterocycles. The second kappa shape index (κ2) is 9.72. The van der Waals surface area contributed by atoms with E-state index in [1.807, 2.05) is 6.07 Å². The number of aromatic amines is 2. The average molecular weight is 529 g/mol. The van der Waals surface area contributed by atoms with Gasteiger partial charge in [0, 0.05) is 33.5 Å². The lowest BCUT2D eigenvalue weighted by Gasteiger charge is -2.19. The Morgan fingerprint density at radius 1 is 0.585 bits per heavy atom. The van der Waals surface area contributed by atoms with Gasteiger partial charge in [0.15, 0.2) is 0 Å². The first kappa shape index (κ1) is 23.6. The van der Waals surface area contributed by atoms with Gasteiger partial charge in [-0.05, 0) is 46.0 Å². The van der Waals surface area contributed by atoms with Gasteiger partial charge in [-0.25, -0.2) is 0 Å². The van der Waals surface area contributed by atoms with Gasteiger partial charge >= 0.3 is 0 Å². The van der Waals surface area contributed by atoms with Crippen molar-refractivity contribution in [3.8, 4) is 5.75 Å². The molecule has 2 N–H and O–H groups in total. The lowest BCUT2D eigenvalue weighted by Crippen LogP contribution is -2.05. The number of nitrogens with one attached hydrogen (secondary N) is 2. The van der Waals surface area contributed by atoms with E-state index < -0.39 is 0 Å². The van der Waals surface area contributed by atoms with Gasteiger partial charge in [-0.3, -0.25) is 0 Å². The Kier molecular flexibility index (Phi) is 5.60. The van der Waals surface area contributed by atoms with Crippen molar-refractivity contribution in [2.75, 3.05) is 0 Å². The number of ether oxygens (including phenoxy) is 1. The highest BCUT2D eigenvalue weighted by Crippen LogP contribution is 2.49. The highest BCUT2D eigenvalue weighted by molar-refractivity contribution is 6.04. The first-order valence-corrected chi connectivity index (χ1v) is 14.1. The molecule has 2 heterocycles. The number of H-pyrrole nitrogens is 2. The molecule has 0 radical (unpaired) electrons. The maximum absolute atomic E-state index is 6.46. The molecular weight excluding hydrogens is 500 g/mol. The largest absolute Gasteiger partial charge is 0.487 e. The van der Waals surface area contributed by atoms with Crippen LogP contribution in [0.2, 0.25) is 0 Å². The van der Waals surface area contributed by atoms with Gasteiger partial charge in [-0.15, -0.1) is 0 Å². The standard InChI is InChI=1S/C38H28N2O/c1-4-13-25(14-5-1)24-41-33-22-12-20-29-36-34(27-17-8-3-9-18-27)35-28-19-10-11-21-31(28)39-32(35)23-30(38(36)40-37(29)33)26-15-6-2-7-16-26/h1-23,34,39-40H,24H2. The molecule has 41 heavy (non-hydrogen) atoms. The van der Waals surface area contributed by atoms with Gasteiger partial charge in [0.2, 0.25) is 0 Å². The van der Waals surface area contributed by atoms with E-state index in [-0.39, 0.29) is 5.92 Å². The molecular formula is C38H28N2O. The number of hydrogen-bond acceptors (Lipinski definition) is 1. The molecule has 3 nitrogen and oxygen atoms in total. The fourth-order valence-electron chi connectivity index (χ4n) is 6.37. The Labute approximate surface area is 238 Å². The van der Waals surface area contributed by atoms with E-state index in [0.29, 0.717) is 6.61 Å². The fourth-order valence-corrected chi connectivity index (χ4v) is 6.37. The van der Waals surface area contributed by atoms with Crippen LogP contribution in [0.5, 0.6) is 5.75 Å². The molecule has 8 rings (SSSR count). The first-order valence-electron chi connectivity index (χ1n) is 14.1. The quantitative estimate of drug-likeness (QED) is 0.230. The van der Waals surface area contributed by atoms with Crippen molar-refractivity contribution in [1.29, 1.82) is 0 Å². The third-order valence-electron chi connectivity index (χ3n) is 8.20. The molecule has 3 heteroatoms. The van der Waals surface area contributed by atoms with E-state index >= 15 is 0 Å². The molecule has 0 amide bonds. The Balaban J connectivity index is 1.43. The van der Waals surface area contributed by atoms with Gasteiger partial charge in [0.1, 0.15) is 12.4 Å². The predicted molar refractivity (Wildman–Crippen MR) is 168 cm³/mol. The minimum Gasteiger partial charge on any atom is -0.487 e. The minimum absolute atomic E-state index is 0.0212. The maximum atomic E-state index is 6.46. The molecule has 2 aromatic heterocycles. The monoisotopic (exact) mass is 528 g/mol. The van der Waals surface area contributed by atoms with Crippen molar-refractivity contribution < 1.29 is 4.74 Å². The number of hydrogen-bond donors (Lipinski definition) is 2. The van der Waals surface area contributed by atoms with Crippen LogP contribution in [0.1, 0.15) is 45.1 Å². The van der Waals surface area contributed by atoms with Crippen LogP contribution >= 0.6 is 0 Å². The van der Waals surface area contributed by atoms with Crippen LogP contribution in [0.4, 0.5) is 0 Å². The number of aromatic nitrogens is 2. The van der Waals surface area contributed by atoms with Crippen molar-refractivity contribution in [3.05, 3.63) is 173 Å². The first-order chi connectivity index (χ1) is 20.3. The van der Waals surface area contributed by atoms with E-state index in [1.54, 1.807) is 0 Å². The number of benzene rings is 5. The highest BCUT2D eigenvalue weighted by atomic mass is 16.5. The third kappa shape index (κ3) is 3.97. The topological polar surface area (TPSA) is 40.8 Å². The van der Waals surface area contributed by atoms with Crippen molar-refractivity contribution in [2.45, 2.75) is 12.5 Å². The smallest absolute Gasteiger partial charge is 0.143 e. The summed E-state index contributed by atoms with van der Waals surface area (Å²) in [4.78, 5) is 7.64. The zero-order chi connectivity index (χ0) is 27.2. The van der Waals surface area contributed by atoms with E-state index in [4.69, 9.17) is 4.74 Å². The van der Waals surface area contributed by atoms with E-state index in [1.165, 1.54) is 33.0 Å². The van der Waals surface area contributed by atoms with Crippen molar-refractivity contribution in [3.63, 3.8) is 0 Å². The highest BCUT2D eigenvalue weighted by Gasteiger charge is 2.33. The summed E-state index contributed by atoms with van der Waals surface area (Å²) in [6.07, 6.45) is 2.33. The SMILES string of the molecule is C1=C(c2ccccc2)c2[nH]c3c(OCc4ccccc4)cccc3c2C(c2ccccc2)c2c1[nH]c1ccccc21. The van der Waals surface area contributed by atoms with Crippen molar-refractivity contribution in [2.24, 2.45) is 0 Å². The van der Waals surface area contributed by atoms with Gasteiger partial charge in [0.25, 0.3) is 0 Å². The van der Waals surface area contributed by atoms with Crippen LogP contribution in [-0.2, 0) is 6.61 Å². The van der Waals surface area contributed by atoms with Crippen LogP contribution in [-0.4, -0.2) is 9.97 Å². The van der Waals surface area contributed by atoms with Crippen molar-refractivity contribution in [1.82, 2.24) is 9.97 Å². The number of para-hydroxylation sites is 2. The third-order valence-corrected chi connectivity index (χ3v) is 8.20. The summed E-state index contributed by atoms with van der Waals surface area (Å²) in [5.41, 5.74) is 11.8. The Bertz CT molecular complexity index is 2030. The van der Waals surface area contributed by atoms with Gasteiger partial charge in [-0.2, -0.15) is 0 Å². The van der Waals surface area contributed by atoms with Crippen LogP contribution < -0.4 is 4.74 Å². The zero-order valence-electron chi connectivity index (χ0n) is 22.5. The minimum atomic E-state index is 0.0212. The fraction of sp³-hybridized carbons (Fsp3) is 0.0526.